The Morgan fingerprint density at radius 2 is 2.14 bits per heavy atom. The van der Waals surface area contributed by atoms with E-state index in [0.29, 0.717) is 28.8 Å². The highest BCUT2D eigenvalue weighted by molar-refractivity contribution is 6.00. The number of carbonyl (C=O) groups excluding carboxylic acids is 1. The predicted octanol–water partition coefficient (Wildman–Crippen LogP) is 3.75. The molecule has 8 heteroatoms. The average molecular weight is 382 g/mol. The molecule has 0 fully saturated rings. The molecule has 0 radical (unpaired) electrons. The van der Waals surface area contributed by atoms with Crippen molar-refractivity contribution in [1.82, 2.24) is 4.57 Å². The number of hydrogen-bond acceptors (Lipinski definition) is 7. The van der Waals surface area contributed by atoms with Crippen molar-refractivity contribution >= 4 is 22.6 Å². The molecule has 8 nitrogen and oxygen atoms in total. The normalized spacial score (nSPS) is 13.1. The van der Waals surface area contributed by atoms with Crippen LogP contribution in [0.4, 0.5) is 5.69 Å². The third kappa shape index (κ3) is 2.87. The van der Waals surface area contributed by atoms with E-state index in [1.165, 1.54) is 17.7 Å². The SMILES string of the molecule is COC(=O)c1ccc2c(N=O)c(O)n(Cc3cc(C)cc4c3OCOC4)c2c1. The molecule has 1 aromatic heterocycles. The van der Waals surface area contributed by atoms with Crippen LogP contribution in [0.5, 0.6) is 11.6 Å². The second kappa shape index (κ2) is 6.97. The summed E-state index contributed by atoms with van der Waals surface area (Å²) in [5.41, 5.74) is 3.49. The van der Waals surface area contributed by atoms with Crippen molar-refractivity contribution in [3.8, 4) is 11.6 Å². The first kappa shape index (κ1) is 18.0. The van der Waals surface area contributed by atoms with Crippen LogP contribution < -0.4 is 4.74 Å². The van der Waals surface area contributed by atoms with Gasteiger partial charge in [0.15, 0.2) is 12.5 Å². The van der Waals surface area contributed by atoms with E-state index in [1.807, 2.05) is 19.1 Å². The predicted molar refractivity (Wildman–Crippen MR) is 101 cm³/mol. The fourth-order valence-corrected chi connectivity index (χ4v) is 3.57. The molecule has 0 amide bonds. The minimum absolute atomic E-state index is 0.0720. The van der Waals surface area contributed by atoms with Gasteiger partial charge in [-0.25, -0.2) is 4.79 Å². The zero-order chi connectivity index (χ0) is 19.8. The number of ether oxygens (including phenoxy) is 3. The first-order valence-electron chi connectivity index (χ1n) is 8.63. The molecule has 0 spiro atoms. The van der Waals surface area contributed by atoms with Gasteiger partial charge in [0.05, 0.1) is 31.3 Å². The Labute approximate surface area is 160 Å². The zero-order valence-electron chi connectivity index (χ0n) is 15.4. The molecule has 0 aliphatic carbocycles. The van der Waals surface area contributed by atoms with Crippen molar-refractivity contribution in [2.75, 3.05) is 13.9 Å². The lowest BCUT2D eigenvalue weighted by molar-refractivity contribution is -0.0171. The van der Waals surface area contributed by atoms with E-state index in [0.717, 1.165) is 16.7 Å². The number of methoxy groups -OCH3 is 1. The van der Waals surface area contributed by atoms with Crippen LogP contribution in [0.15, 0.2) is 35.5 Å². The van der Waals surface area contributed by atoms with Gasteiger partial charge in [0.2, 0.25) is 5.88 Å². The Balaban J connectivity index is 1.89. The Morgan fingerprint density at radius 1 is 1.32 bits per heavy atom. The third-order valence-corrected chi connectivity index (χ3v) is 4.78. The number of carbonyl (C=O) groups is 1. The van der Waals surface area contributed by atoms with E-state index >= 15 is 0 Å². The van der Waals surface area contributed by atoms with Crippen LogP contribution in [0.2, 0.25) is 0 Å². The van der Waals surface area contributed by atoms with Crippen LogP contribution in [0, 0.1) is 11.8 Å². The molecule has 144 valence electrons. The van der Waals surface area contributed by atoms with E-state index in [4.69, 9.17) is 14.2 Å². The molecule has 0 bridgehead atoms. The van der Waals surface area contributed by atoms with Gasteiger partial charge in [-0.3, -0.25) is 0 Å². The Kier molecular flexibility index (Phi) is 4.48. The van der Waals surface area contributed by atoms with Crippen molar-refractivity contribution in [1.29, 1.82) is 0 Å². The summed E-state index contributed by atoms with van der Waals surface area (Å²) in [6.07, 6.45) is 0. The lowest BCUT2D eigenvalue weighted by Gasteiger charge is -2.22. The number of aromatic hydroxyl groups is 1. The molecule has 2 heterocycles. The lowest BCUT2D eigenvalue weighted by atomic mass is 10.0. The Morgan fingerprint density at radius 3 is 2.89 bits per heavy atom. The molecule has 2 aromatic carbocycles. The van der Waals surface area contributed by atoms with Gasteiger partial charge in [-0.15, -0.1) is 4.91 Å². The number of esters is 1. The molecule has 1 aliphatic heterocycles. The second-order valence-corrected chi connectivity index (χ2v) is 6.60. The molecule has 28 heavy (non-hydrogen) atoms. The maximum Gasteiger partial charge on any atom is 0.337 e. The van der Waals surface area contributed by atoms with Crippen molar-refractivity contribution in [3.63, 3.8) is 0 Å². The fraction of sp³-hybridized carbons (Fsp3) is 0.250. The zero-order valence-corrected chi connectivity index (χ0v) is 15.4. The van der Waals surface area contributed by atoms with Gasteiger partial charge in [0, 0.05) is 16.5 Å². The third-order valence-electron chi connectivity index (χ3n) is 4.78. The molecule has 0 unspecified atom stereocenters. The van der Waals surface area contributed by atoms with E-state index < -0.39 is 5.97 Å². The van der Waals surface area contributed by atoms with Crippen molar-refractivity contribution in [2.45, 2.75) is 20.1 Å². The minimum atomic E-state index is -0.511. The summed E-state index contributed by atoms with van der Waals surface area (Å²) >= 11 is 0. The summed E-state index contributed by atoms with van der Waals surface area (Å²) < 4.78 is 17.3. The molecular weight excluding hydrogens is 364 g/mol. The summed E-state index contributed by atoms with van der Waals surface area (Å²) in [6.45, 7) is 2.78. The minimum Gasteiger partial charge on any atom is -0.493 e. The van der Waals surface area contributed by atoms with Crippen LogP contribution >= 0.6 is 0 Å². The molecule has 3 aromatic rings. The monoisotopic (exact) mass is 382 g/mol. The van der Waals surface area contributed by atoms with Crippen molar-refractivity contribution in [2.24, 2.45) is 5.18 Å². The number of rotatable bonds is 4. The summed E-state index contributed by atoms with van der Waals surface area (Å²) in [5.74, 6) is -0.0830. The van der Waals surface area contributed by atoms with E-state index in [9.17, 15) is 14.8 Å². The Bertz CT molecular complexity index is 1100. The van der Waals surface area contributed by atoms with Crippen LogP contribution in [0.25, 0.3) is 10.9 Å². The smallest absolute Gasteiger partial charge is 0.337 e. The summed E-state index contributed by atoms with van der Waals surface area (Å²) in [4.78, 5) is 23.2. The molecule has 0 atom stereocenters. The number of aromatic nitrogens is 1. The molecule has 1 aliphatic rings. The first-order valence-corrected chi connectivity index (χ1v) is 8.63. The highest BCUT2D eigenvalue weighted by Crippen LogP contribution is 2.40. The standard InChI is InChI=1S/C20H18N2O6/c1-11-5-13(18-14(6-11)9-27-10-28-18)8-22-16-7-12(20(24)26-2)3-4-15(16)17(21-25)19(22)23/h3-7,23H,8-10H2,1-2H3. The van der Waals surface area contributed by atoms with Crippen LogP contribution in [0.3, 0.4) is 0 Å². The quantitative estimate of drug-likeness (QED) is 0.545. The summed E-state index contributed by atoms with van der Waals surface area (Å²) in [7, 11) is 1.29. The van der Waals surface area contributed by atoms with Gasteiger partial charge < -0.3 is 23.9 Å². The van der Waals surface area contributed by atoms with Crippen molar-refractivity contribution < 1.29 is 24.1 Å². The summed E-state index contributed by atoms with van der Waals surface area (Å²) in [6, 6.07) is 8.61. The first-order chi connectivity index (χ1) is 13.5. The van der Waals surface area contributed by atoms with Crippen LogP contribution in [-0.4, -0.2) is 29.5 Å². The maximum absolute atomic E-state index is 11.9. The lowest BCUT2D eigenvalue weighted by Crippen LogP contribution is -2.14. The Hall–Kier alpha value is -3.39. The van der Waals surface area contributed by atoms with Crippen LogP contribution in [0.1, 0.15) is 27.0 Å². The number of nitrogens with zero attached hydrogens (tertiary/aromatic N) is 2. The fourth-order valence-electron chi connectivity index (χ4n) is 3.57. The number of fused-ring (bicyclic) bond motifs is 2. The second-order valence-electron chi connectivity index (χ2n) is 6.60. The van der Waals surface area contributed by atoms with Gasteiger partial charge in [-0.1, -0.05) is 17.7 Å². The highest BCUT2D eigenvalue weighted by atomic mass is 16.7. The molecule has 1 N–H and O–H groups in total. The van der Waals surface area contributed by atoms with E-state index in [2.05, 4.69) is 5.18 Å². The number of aryl methyl sites for hydroxylation is 1. The molecular formula is C20H18N2O6. The average Bonchev–Trinajstić information content (AvgIpc) is 2.97. The van der Waals surface area contributed by atoms with E-state index in [1.54, 1.807) is 12.1 Å². The van der Waals surface area contributed by atoms with Gasteiger partial charge in [-0.2, -0.15) is 0 Å². The van der Waals surface area contributed by atoms with Gasteiger partial charge in [-0.05, 0) is 30.3 Å². The van der Waals surface area contributed by atoms with Gasteiger partial charge >= 0.3 is 5.97 Å². The largest absolute Gasteiger partial charge is 0.493 e. The summed E-state index contributed by atoms with van der Waals surface area (Å²) in [5, 5.41) is 14.0. The van der Waals surface area contributed by atoms with Crippen LogP contribution in [-0.2, 0) is 22.6 Å². The molecule has 0 saturated carbocycles. The molecule has 4 rings (SSSR count). The number of hydrogen-bond donors (Lipinski definition) is 1. The topological polar surface area (TPSA) is 99.3 Å². The maximum atomic E-state index is 11.9. The highest BCUT2D eigenvalue weighted by Gasteiger charge is 2.22. The van der Waals surface area contributed by atoms with Crippen molar-refractivity contribution in [3.05, 3.63) is 57.5 Å². The molecule has 0 saturated heterocycles. The van der Waals surface area contributed by atoms with Gasteiger partial charge in [0.25, 0.3) is 0 Å². The number of benzene rings is 2. The van der Waals surface area contributed by atoms with E-state index in [-0.39, 0.29) is 24.9 Å². The number of nitroso groups, excluding NO2 is 1. The van der Waals surface area contributed by atoms with Gasteiger partial charge in [0.1, 0.15) is 5.75 Å².